The number of benzene rings is 1. The lowest BCUT2D eigenvalue weighted by Crippen LogP contribution is -2.08. The Morgan fingerprint density at radius 3 is 2.69 bits per heavy atom. The Kier molecular flexibility index (Phi) is 3.73. The van der Waals surface area contributed by atoms with Gasteiger partial charge in [0.05, 0.1) is 6.61 Å². The molecule has 13 heavy (non-hydrogen) atoms. The van der Waals surface area contributed by atoms with Gasteiger partial charge >= 0.3 is 0 Å². The molecule has 0 aliphatic heterocycles. The van der Waals surface area contributed by atoms with Crippen LogP contribution in [0, 0.1) is 0 Å². The summed E-state index contributed by atoms with van der Waals surface area (Å²) >= 11 is 0. The molecule has 0 unspecified atom stereocenters. The van der Waals surface area contributed by atoms with Crippen LogP contribution in [0.4, 0.5) is 5.69 Å². The van der Waals surface area contributed by atoms with Crippen molar-refractivity contribution >= 4 is 5.69 Å². The first-order valence-corrected chi connectivity index (χ1v) is 4.15. The van der Waals surface area contributed by atoms with Crippen molar-refractivity contribution in [3.05, 3.63) is 29.8 Å². The van der Waals surface area contributed by atoms with Gasteiger partial charge < -0.3 is 15.2 Å². The van der Waals surface area contributed by atoms with Gasteiger partial charge in [-0.2, -0.15) is 0 Å². The van der Waals surface area contributed by atoms with Crippen LogP contribution in [0.5, 0.6) is 0 Å². The summed E-state index contributed by atoms with van der Waals surface area (Å²) in [6.45, 7) is 0.542. The number of hydrogen-bond acceptors (Lipinski definition) is 3. The quantitative estimate of drug-likeness (QED) is 0.717. The molecule has 0 saturated carbocycles. The minimum atomic E-state index is -0.0338. The molecule has 3 heteroatoms. The second-order valence-electron chi connectivity index (χ2n) is 2.85. The average Bonchev–Trinajstić information content (AvgIpc) is 2.14. The summed E-state index contributed by atoms with van der Waals surface area (Å²) in [6.07, 6.45) is -0.0338. The van der Waals surface area contributed by atoms with E-state index in [0.717, 1.165) is 11.3 Å². The number of nitrogens with two attached hydrogens (primary N) is 1. The zero-order valence-electron chi connectivity index (χ0n) is 7.99. The second kappa shape index (κ2) is 4.84. The summed E-state index contributed by atoms with van der Waals surface area (Å²) in [7, 11) is 3.31. The lowest BCUT2D eigenvalue weighted by Gasteiger charge is -2.14. The third kappa shape index (κ3) is 2.72. The maximum Gasteiger partial charge on any atom is 0.105 e. The first kappa shape index (κ1) is 10.0. The maximum absolute atomic E-state index is 5.65. The lowest BCUT2D eigenvalue weighted by molar-refractivity contribution is 0.0275. The Morgan fingerprint density at radius 1 is 1.38 bits per heavy atom. The molecule has 2 N–H and O–H groups in total. The summed E-state index contributed by atoms with van der Waals surface area (Å²) in [5.74, 6) is 0. The van der Waals surface area contributed by atoms with Crippen LogP contribution >= 0.6 is 0 Å². The molecular formula is C10H15NO2. The van der Waals surface area contributed by atoms with Crippen LogP contribution in [-0.2, 0) is 9.47 Å². The Bertz CT molecular complexity index is 263. The molecule has 0 bridgehead atoms. The Hall–Kier alpha value is -1.06. The monoisotopic (exact) mass is 181 g/mol. The number of ether oxygens (including phenoxy) is 2. The number of rotatable bonds is 4. The molecule has 3 nitrogen and oxygen atoms in total. The van der Waals surface area contributed by atoms with Gasteiger partial charge in [-0.05, 0) is 17.7 Å². The number of methoxy groups -OCH3 is 2. The summed E-state index contributed by atoms with van der Waals surface area (Å²) in [4.78, 5) is 0. The van der Waals surface area contributed by atoms with E-state index >= 15 is 0 Å². The molecule has 0 radical (unpaired) electrons. The minimum Gasteiger partial charge on any atom is -0.399 e. The van der Waals surface area contributed by atoms with E-state index in [-0.39, 0.29) is 6.10 Å². The van der Waals surface area contributed by atoms with E-state index in [1.165, 1.54) is 0 Å². The van der Waals surface area contributed by atoms with E-state index in [2.05, 4.69) is 0 Å². The van der Waals surface area contributed by atoms with E-state index in [1.54, 1.807) is 14.2 Å². The van der Waals surface area contributed by atoms with E-state index in [4.69, 9.17) is 15.2 Å². The van der Waals surface area contributed by atoms with Gasteiger partial charge in [-0.15, -0.1) is 0 Å². The maximum atomic E-state index is 5.65. The molecule has 0 aromatic heterocycles. The molecule has 0 spiro atoms. The standard InChI is InChI=1S/C10H15NO2/c1-12-7-10(13-2)8-4-3-5-9(11)6-8/h3-6,10H,7,11H2,1-2H3/t10-/m1/s1. The smallest absolute Gasteiger partial charge is 0.105 e. The van der Waals surface area contributed by atoms with Crippen molar-refractivity contribution in [2.75, 3.05) is 26.6 Å². The zero-order valence-corrected chi connectivity index (χ0v) is 7.99. The fraction of sp³-hybridized carbons (Fsp3) is 0.400. The molecule has 72 valence electrons. The van der Waals surface area contributed by atoms with Crippen molar-refractivity contribution in [2.45, 2.75) is 6.10 Å². The van der Waals surface area contributed by atoms with Crippen molar-refractivity contribution in [2.24, 2.45) is 0 Å². The van der Waals surface area contributed by atoms with Crippen LogP contribution in [0.2, 0.25) is 0 Å². The van der Waals surface area contributed by atoms with E-state index in [9.17, 15) is 0 Å². The first-order chi connectivity index (χ1) is 6.27. The van der Waals surface area contributed by atoms with Crippen molar-refractivity contribution in [3.63, 3.8) is 0 Å². The summed E-state index contributed by atoms with van der Waals surface area (Å²) in [5.41, 5.74) is 7.44. The van der Waals surface area contributed by atoms with Gasteiger partial charge in [-0.25, -0.2) is 0 Å². The Morgan fingerprint density at radius 2 is 2.15 bits per heavy atom. The predicted octanol–water partition coefficient (Wildman–Crippen LogP) is 1.60. The van der Waals surface area contributed by atoms with E-state index in [1.807, 2.05) is 24.3 Å². The number of anilines is 1. The summed E-state index contributed by atoms with van der Waals surface area (Å²) in [5, 5.41) is 0. The summed E-state index contributed by atoms with van der Waals surface area (Å²) < 4.78 is 10.3. The minimum absolute atomic E-state index is 0.0338. The van der Waals surface area contributed by atoms with Crippen LogP contribution < -0.4 is 5.73 Å². The SMILES string of the molecule is COC[C@@H](OC)c1cccc(N)c1. The molecule has 0 amide bonds. The highest BCUT2D eigenvalue weighted by molar-refractivity contribution is 5.41. The van der Waals surface area contributed by atoms with Gasteiger partial charge in [-0.3, -0.25) is 0 Å². The lowest BCUT2D eigenvalue weighted by atomic mass is 10.1. The van der Waals surface area contributed by atoms with Gasteiger partial charge in [0.2, 0.25) is 0 Å². The number of hydrogen-bond donors (Lipinski definition) is 1. The van der Waals surface area contributed by atoms with Crippen molar-refractivity contribution in [3.8, 4) is 0 Å². The first-order valence-electron chi connectivity index (χ1n) is 4.15. The highest BCUT2D eigenvalue weighted by Gasteiger charge is 2.09. The average molecular weight is 181 g/mol. The Labute approximate surface area is 78.5 Å². The van der Waals surface area contributed by atoms with Gasteiger partial charge in [0, 0.05) is 19.9 Å². The fourth-order valence-corrected chi connectivity index (χ4v) is 1.21. The molecular weight excluding hydrogens is 166 g/mol. The van der Waals surface area contributed by atoms with Gasteiger partial charge in [0.15, 0.2) is 0 Å². The van der Waals surface area contributed by atoms with Crippen molar-refractivity contribution in [1.29, 1.82) is 0 Å². The summed E-state index contributed by atoms with van der Waals surface area (Å²) in [6, 6.07) is 7.63. The zero-order chi connectivity index (χ0) is 9.68. The molecule has 0 aliphatic rings. The van der Waals surface area contributed by atoms with Crippen molar-refractivity contribution in [1.82, 2.24) is 0 Å². The normalized spacial score (nSPS) is 12.8. The van der Waals surface area contributed by atoms with E-state index < -0.39 is 0 Å². The molecule has 1 rings (SSSR count). The van der Waals surface area contributed by atoms with Gasteiger partial charge in [0.25, 0.3) is 0 Å². The van der Waals surface area contributed by atoms with Crippen molar-refractivity contribution < 1.29 is 9.47 Å². The topological polar surface area (TPSA) is 44.5 Å². The molecule has 0 aliphatic carbocycles. The van der Waals surface area contributed by atoms with Gasteiger partial charge in [-0.1, -0.05) is 12.1 Å². The van der Waals surface area contributed by atoms with Crippen LogP contribution in [0.15, 0.2) is 24.3 Å². The predicted molar refractivity (Wildman–Crippen MR) is 52.5 cm³/mol. The molecule has 1 atom stereocenters. The van der Waals surface area contributed by atoms with Gasteiger partial charge in [0.1, 0.15) is 6.10 Å². The third-order valence-electron chi connectivity index (χ3n) is 1.89. The third-order valence-corrected chi connectivity index (χ3v) is 1.89. The van der Waals surface area contributed by atoms with Crippen LogP contribution in [-0.4, -0.2) is 20.8 Å². The molecule has 1 aromatic carbocycles. The molecule has 0 heterocycles. The van der Waals surface area contributed by atoms with Crippen LogP contribution in [0.3, 0.4) is 0 Å². The number of nitrogen functional groups attached to an aromatic ring is 1. The molecule has 0 fully saturated rings. The Balaban J connectivity index is 2.78. The van der Waals surface area contributed by atoms with Crippen LogP contribution in [0.1, 0.15) is 11.7 Å². The highest BCUT2D eigenvalue weighted by atomic mass is 16.5. The van der Waals surface area contributed by atoms with Crippen LogP contribution in [0.25, 0.3) is 0 Å². The molecule has 1 aromatic rings. The second-order valence-corrected chi connectivity index (χ2v) is 2.85. The molecule has 0 saturated heterocycles. The fourth-order valence-electron chi connectivity index (χ4n) is 1.21. The van der Waals surface area contributed by atoms with E-state index in [0.29, 0.717) is 6.61 Å². The highest BCUT2D eigenvalue weighted by Crippen LogP contribution is 2.18. The largest absolute Gasteiger partial charge is 0.399 e.